The fourth-order valence-corrected chi connectivity index (χ4v) is 4.15. The third-order valence-electron chi connectivity index (χ3n) is 5.59. The summed E-state index contributed by atoms with van der Waals surface area (Å²) in [7, 11) is 0. The van der Waals surface area contributed by atoms with Gasteiger partial charge in [0.2, 0.25) is 0 Å². The van der Waals surface area contributed by atoms with Crippen molar-refractivity contribution in [2.75, 3.05) is 0 Å². The van der Waals surface area contributed by atoms with Crippen LogP contribution in [-0.4, -0.2) is 9.97 Å². The number of aromatic amines is 2. The van der Waals surface area contributed by atoms with Crippen LogP contribution in [0.1, 0.15) is 50.9 Å². The van der Waals surface area contributed by atoms with Gasteiger partial charge in [-0.1, -0.05) is 50.0 Å². The lowest BCUT2D eigenvalue weighted by molar-refractivity contribution is 0.983. The Labute approximate surface area is 176 Å². The van der Waals surface area contributed by atoms with E-state index in [9.17, 15) is 0 Å². The Kier molecular flexibility index (Phi) is 4.70. The van der Waals surface area contributed by atoms with Crippen molar-refractivity contribution in [1.82, 2.24) is 9.97 Å². The van der Waals surface area contributed by atoms with E-state index in [0.29, 0.717) is 0 Å². The van der Waals surface area contributed by atoms with Crippen LogP contribution in [-0.2, 0) is 0 Å². The number of aromatic nitrogens is 2. The van der Waals surface area contributed by atoms with E-state index in [1.165, 1.54) is 32.3 Å². The smallest absolute Gasteiger partial charge is 0.0904 e. The number of H-pyrrole nitrogens is 2. The Morgan fingerprint density at radius 3 is 1.40 bits per heavy atom. The Balaban J connectivity index is 1.69. The van der Waals surface area contributed by atoms with E-state index < -0.39 is 0 Å². The van der Waals surface area contributed by atoms with Gasteiger partial charge in [-0.05, 0) is 70.5 Å². The van der Waals surface area contributed by atoms with E-state index in [0.717, 1.165) is 48.1 Å². The molecular weight excluding hydrogens is 364 g/mol. The standard InChI is InChI=1S/C28H24N2/c1-3-5-7-9-19-17-25-23-11-12-24-22(21(23)13-15-27(25)29-19)14-16-28-26(24)18-20(30-28)10-8-6-4-2/h11-18,29-30H,3-6H2,1-2H3. The van der Waals surface area contributed by atoms with E-state index in [1.54, 1.807) is 0 Å². The summed E-state index contributed by atoms with van der Waals surface area (Å²) in [5.74, 6) is 13.0. The molecule has 0 aliphatic heterocycles. The van der Waals surface area contributed by atoms with Crippen LogP contribution in [0.4, 0.5) is 0 Å². The summed E-state index contributed by atoms with van der Waals surface area (Å²) in [5, 5.41) is 7.53. The molecule has 5 rings (SSSR count). The number of hydrogen-bond acceptors (Lipinski definition) is 0. The highest BCUT2D eigenvalue weighted by Gasteiger charge is 2.10. The summed E-state index contributed by atoms with van der Waals surface area (Å²) in [5.41, 5.74) is 4.25. The molecule has 0 aliphatic carbocycles. The minimum atomic E-state index is 0.929. The zero-order valence-electron chi connectivity index (χ0n) is 17.4. The predicted molar refractivity (Wildman–Crippen MR) is 129 cm³/mol. The lowest BCUT2D eigenvalue weighted by atomic mass is 9.97. The summed E-state index contributed by atoms with van der Waals surface area (Å²) in [6.45, 7) is 4.31. The second-order valence-corrected chi connectivity index (χ2v) is 7.78. The van der Waals surface area contributed by atoms with Crippen LogP contribution in [0.15, 0.2) is 48.5 Å². The first kappa shape index (κ1) is 18.4. The lowest BCUT2D eigenvalue weighted by Gasteiger charge is -2.06. The van der Waals surface area contributed by atoms with Crippen molar-refractivity contribution in [3.8, 4) is 23.7 Å². The van der Waals surface area contributed by atoms with Gasteiger partial charge < -0.3 is 9.97 Å². The maximum Gasteiger partial charge on any atom is 0.0904 e. The molecule has 2 aromatic heterocycles. The molecule has 0 spiro atoms. The van der Waals surface area contributed by atoms with Crippen LogP contribution in [0, 0.1) is 23.7 Å². The maximum atomic E-state index is 3.46. The molecule has 5 aromatic rings. The second-order valence-electron chi connectivity index (χ2n) is 7.78. The quantitative estimate of drug-likeness (QED) is 0.236. The Hall–Kier alpha value is -3.62. The first-order chi connectivity index (χ1) is 14.8. The van der Waals surface area contributed by atoms with Crippen molar-refractivity contribution in [2.24, 2.45) is 0 Å². The van der Waals surface area contributed by atoms with Crippen molar-refractivity contribution < 1.29 is 0 Å². The van der Waals surface area contributed by atoms with E-state index >= 15 is 0 Å². The number of hydrogen-bond donors (Lipinski definition) is 2. The minimum Gasteiger partial charge on any atom is -0.348 e. The molecule has 2 heterocycles. The van der Waals surface area contributed by atoms with Crippen LogP contribution in [0.2, 0.25) is 0 Å². The van der Waals surface area contributed by atoms with Gasteiger partial charge in [-0.15, -0.1) is 0 Å². The molecule has 2 heteroatoms. The maximum absolute atomic E-state index is 3.46. The van der Waals surface area contributed by atoms with Gasteiger partial charge in [-0.3, -0.25) is 0 Å². The van der Waals surface area contributed by atoms with Crippen molar-refractivity contribution in [3.05, 3.63) is 59.9 Å². The fraction of sp³-hybridized carbons (Fsp3) is 0.214. The Morgan fingerprint density at radius 1 is 0.567 bits per heavy atom. The highest BCUT2D eigenvalue weighted by Crippen LogP contribution is 2.35. The third-order valence-corrected chi connectivity index (χ3v) is 5.59. The molecule has 2 N–H and O–H groups in total. The molecule has 146 valence electrons. The summed E-state index contributed by atoms with van der Waals surface area (Å²) in [6.07, 6.45) is 4.03. The van der Waals surface area contributed by atoms with Crippen molar-refractivity contribution in [3.63, 3.8) is 0 Å². The van der Waals surface area contributed by atoms with Gasteiger partial charge in [0.15, 0.2) is 0 Å². The molecule has 30 heavy (non-hydrogen) atoms. The highest BCUT2D eigenvalue weighted by atomic mass is 14.7. The zero-order chi connectivity index (χ0) is 20.5. The third kappa shape index (κ3) is 3.12. The Bertz CT molecular complexity index is 1400. The molecular formula is C28H24N2. The average molecular weight is 389 g/mol. The number of nitrogens with one attached hydrogen (secondary N) is 2. The van der Waals surface area contributed by atoms with Crippen LogP contribution < -0.4 is 0 Å². The van der Waals surface area contributed by atoms with Gasteiger partial charge >= 0.3 is 0 Å². The molecule has 0 atom stereocenters. The zero-order valence-corrected chi connectivity index (χ0v) is 17.4. The van der Waals surface area contributed by atoms with Crippen molar-refractivity contribution in [2.45, 2.75) is 39.5 Å². The van der Waals surface area contributed by atoms with Gasteiger partial charge in [0.05, 0.1) is 11.4 Å². The van der Waals surface area contributed by atoms with E-state index in [-0.39, 0.29) is 0 Å². The summed E-state index contributed by atoms with van der Waals surface area (Å²) >= 11 is 0. The number of rotatable bonds is 2. The molecule has 0 amide bonds. The van der Waals surface area contributed by atoms with E-state index in [4.69, 9.17) is 0 Å². The van der Waals surface area contributed by atoms with Crippen molar-refractivity contribution in [1.29, 1.82) is 0 Å². The summed E-state index contributed by atoms with van der Waals surface area (Å²) in [6, 6.07) is 17.6. The van der Waals surface area contributed by atoms with Crippen LogP contribution >= 0.6 is 0 Å². The van der Waals surface area contributed by atoms with Gasteiger partial charge in [0.1, 0.15) is 0 Å². The number of unbranched alkanes of at least 4 members (excludes halogenated alkanes) is 2. The molecule has 0 radical (unpaired) electrons. The van der Waals surface area contributed by atoms with Gasteiger partial charge in [-0.25, -0.2) is 0 Å². The van der Waals surface area contributed by atoms with E-state index in [1.807, 2.05) is 0 Å². The molecule has 0 saturated carbocycles. The first-order valence-electron chi connectivity index (χ1n) is 10.8. The van der Waals surface area contributed by atoms with Crippen LogP contribution in [0.25, 0.3) is 43.4 Å². The molecule has 3 aromatic carbocycles. The predicted octanol–water partition coefficient (Wildman–Crippen LogP) is 7.26. The SMILES string of the molecule is CCCC#Cc1cc2c(ccc3c2ccc2c4cc(C#CCCC)[nH]c4ccc23)[nH]1. The molecule has 0 saturated heterocycles. The van der Waals surface area contributed by atoms with Crippen molar-refractivity contribution >= 4 is 43.4 Å². The molecule has 0 aliphatic rings. The van der Waals surface area contributed by atoms with Gasteiger partial charge in [0.25, 0.3) is 0 Å². The molecule has 0 bridgehead atoms. The minimum absolute atomic E-state index is 0.929. The normalized spacial score (nSPS) is 11.0. The topological polar surface area (TPSA) is 31.6 Å². The molecule has 0 unspecified atom stereocenters. The number of benzene rings is 3. The van der Waals surface area contributed by atoms with Crippen LogP contribution in [0.3, 0.4) is 0 Å². The second kappa shape index (κ2) is 7.66. The van der Waals surface area contributed by atoms with Crippen LogP contribution in [0.5, 0.6) is 0 Å². The van der Waals surface area contributed by atoms with Gasteiger partial charge in [-0.2, -0.15) is 0 Å². The average Bonchev–Trinajstić information content (AvgIpc) is 3.37. The largest absolute Gasteiger partial charge is 0.348 e. The highest BCUT2D eigenvalue weighted by molar-refractivity contribution is 6.21. The van der Waals surface area contributed by atoms with Gasteiger partial charge in [0, 0.05) is 34.6 Å². The molecule has 0 fully saturated rings. The monoisotopic (exact) mass is 388 g/mol. The molecule has 2 nitrogen and oxygen atoms in total. The Morgan fingerprint density at radius 2 is 0.967 bits per heavy atom. The fourth-order valence-electron chi connectivity index (χ4n) is 4.15. The number of fused-ring (bicyclic) bond motifs is 7. The first-order valence-corrected chi connectivity index (χ1v) is 10.8. The summed E-state index contributed by atoms with van der Waals surface area (Å²) in [4.78, 5) is 6.92. The van der Waals surface area contributed by atoms with E-state index in [2.05, 4.69) is 96.0 Å². The lowest BCUT2D eigenvalue weighted by Crippen LogP contribution is -1.80. The summed E-state index contributed by atoms with van der Waals surface area (Å²) < 4.78 is 0.